The normalized spacial score (nSPS) is 14.7. The molecular formula is C75H146O17P2. The van der Waals surface area contributed by atoms with Crippen molar-refractivity contribution in [1.82, 2.24) is 0 Å². The third-order valence-electron chi connectivity index (χ3n) is 18.0. The van der Waals surface area contributed by atoms with Gasteiger partial charge < -0.3 is 33.8 Å². The average molecular weight is 1380 g/mol. The predicted molar refractivity (Wildman–Crippen MR) is 381 cm³/mol. The van der Waals surface area contributed by atoms with Crippen LogP contribution in [-0.4, -0.2) is 96.7 Å². The molecule has 0 fully saturated rings. The summed E-state index contributed by atoms with van der Waals surface area (Å²) in [6.07, 6.45) is 48.8. The molecular weight excluding hydrogens is 1230 g/mol. The molecule has 0 radical (unpaired) electrons. The van der Waals surface area contributed by atoms with Gasteiger partial charge in [-0.15, -0.1) is 0 Å². The Morgan fingerprint density at radius 1 is 0.298 bits per heavy atom. The smallest absolute Gasteiger partial charge is 0.462 e. The van der Waals surface area contributed by atoms with Gasteiger partial charge in [0.05, 0.1) is 26.4 Å². The van der Waals surface area contributed by atoms with Crippen LogP contribution in [-0.2, 0) is 65.4 Å². The van der Waals surface area contributed by atoms with Crippen LogP contribution >= 0.6 is 15.6 Å². The first-order valence-electron chi connectivity index (χ1n) is 38.8. The molecule has 0 aliphatic heterocycles. The van der Waals surface area contributed by atoms with E-state index >= 15 is 0 Å². The molecule has 0 aromatic heterocycles. The number of hydrogen-bond acceptors (Lipinski definition) is 15. The summed E-state index contributed by atoms with van der Waals surface area (Å²) in [7, 11) is -9.91. The quantitative estimate of drug-likeness (QED) is 0.0222. The first-order chi connectivity index (χ1) is 45.2. The highest BCUT2D eigenvalue weighted by atomic mass is 31.2. The first kappa shape index (κ1) is 92.1. The zero-order valence-electron chi connectivity index (χ0n) is 61.6. The Labute approximate surface area is 575 Å². The van der Waals surface area contributed by atoms with Gasteiger partial charge in [-0.3, -0.25) is 37.3 Å². The Balaban J connectivity index is 5.17. The molecule has 19 heteroatoms. The summed E-state index contributed by atoms with van der Waals surface area (Å²) < 4.78 is 68.4. The van der Waals surface area contributed by atoms with Crippen molar-refractivity contribution >= 4 is 39.5 Å². The summed E-state index contributed by atoms with van der Waals surface area (Å²) in [4.78, 5) is 72.7. The second-order valence-corrected chi connectivity index (χ2v) is 31.4. The molecule has 0 bridgehead atoms. The Kier molecular flexibility index (Phi) is 63.1. The van der Waals surface area contributed by atoms with Crippen molar-refractivity contribution in [2.75, 3.05) is 39.6 Å². The second kappa shape index (κ2) is 64.4. The van der Waals surface area contributed by atoms with Gasteiger partial charge in [-0.2, -0.15) is 0 Å². The van der Waals surface area contributed by atoms with E-state index in [0.717, 1.165) is 114 Å². The van der Waals surface area contributed by atoms with Gasteiger partial charge in [-0.05, 0) is 49.4 Å². The fourth-order valence-electron chi connectivity index (χ4n) is 11.3. The van der Waals surface area contributed by atoms with E-state index in [2.05, 4.69) is 55.4 Å². The molecule has 0 rings (SSSR count). The molecule has 558 valence electrons. The number of aliphatic hydroxyl groups excluding tert-OH is 1. The number of carbonyl (C=O) groups excluding carboxylic acids is 4. The third kappa shape index (κ3) is 66.0. The molecule has 0 aliphatic rings. The van der Waals surface area contributed by atoms with Crippen LogP contribution in [0, 0.1) is 23.7 Å². The number of esters is 4. The van der Waals surface area contributed by atoms with E-state index in [9.17, 15) is 43.2 Å². The number of unbranched alkanes of at least 4 members (excludes halogenated alkanes) is 36. The van der Waals surface area contributed by atoms with Crippen LogP contribution in [0.4, 0.5) is 0 Å². The third-order valence-corrected chi connectivity index (χ3v) is 19.9. The van der Waals surface area contributed by atoms with Crippen LogP contribution in [0.15, 0.2) is 0 Å². The lowest BCUT2D eigenvalue weighted by molar-refractivity contribution is -0.161. The predicted octanol–water partition coefficient (Wildman–Crippen LogP) is 21.7. The Morgan fingerprint density at radius 3 is 0.755 bits per heavy atom. The number of rotatable bonds is 72. The Bertz CT molecular complexity index is 1850. The maximum Gasteiger partial charge on any atom is 0.472 e. The number of hydrogen-bond donors (Lipinski definition) is 3. The fourth-order valence-corrected chi connectivity index (χ4v) is 12.9. The zero-order chi connectivity index (χ0) is 69.6. The standard InChI is InChI=1S/C75H146O17P2/c1-9-67(7)53-45-37-29-21-19-17-15-13-11-12-14-16-18-20-22-32-41-49-57-74(79)91-70(61-85-72(77)55-47-39-30-25-23-27-35-43-51-65(3)4)63-89-93(81,82)87-59-69(76)60-88-94(83,84)90-64-71(92-75(80)58-50-42-34-33-38-46-54-68(8)10-2)62-86-73(78)56-48-40-31-26-24-28-36-44-52-66(5)6/h65-71,76H,9-64H2,1-8H3,(H,81,82)(H,83,84)/t67?,68?,69?,70-,71-/m1/s1. The second-order valence-electron chi connectivity index (χ2n) is 28.5. The maximum absolute atomic E-state index is 13.1. The molecule has 0 saturated carbocycles. The molecule has 0 aromatic carbocycles. The van der Waals surface area contributed by atoms with E-state index in [1.54, 1.807) is 0 Å². The van der Waals surface area contributed by atoms with E-state index < -0.39 is 97.5 Å². The van der Waals surface area contributed by atoms with E-state index in [4.69, 9.17) is 37.0 Å². The lowest BCUT2D eigenvalue weighted by atomic mass is 9.99. The van der Waals surface area contributed by atoms with Crippen LogP contribution in [0.25, 0.3) is 0 Å². The van der Waals surface area contributed by atoms with Crippen molar-refractivity contribution in [2.24, 2.45) is 23.7 Å². The molecule has 0 heterocycles. The van der Waals surface area contributed by atoms with Gasteiger partial charge >= 0.3 is 39.5 Å². The van der Waals surface area contributed by atoms with Gasteiger partial charge in [0.15, 0.2) is 12.2 Å². The SMILES string of the molecule is CCC(C)CCCCCCCCCCCCCCCCCCCCC(=O)O[C@H](COC(=O)CCCCCCCCCCC(C)C)COP(=O)(O)OCC(O)COP(=O)(O)OC[C@@H](COC(=O)CCCCCCCCCCC(C)C)OC(=O)CCCCCCCCC(C)CC. The number of ether oxygens (including phenoxy) is 4. The number of aliphatic hydroxyl groups is 1. The van der Waals surface area contributed by atoms with E-state index in [1.165, 1.54) is 180 Å². The van der Waals surface area contributed by atoms with Gasteiger partial charge in [0.25, 0.3) is 0 Å². The lowest BCUT2D eigenvalue weighted by Gasteiger charge is -2.21. The van der Waals surface area contributed by atoms with E-state index in [1.807, 2.05) is 0 Å². The highest BCUT2D eigenvalue weighted by Crippen LogP contribution is 2.45. The zero-order valence-corrected chi connectivity index (χ0v) is 63.4. The number of phosphoric acid groups is 2. The highest BCUT2D eigenvalue weighted by molar-refractivity contribution is 7.47. The summed E-state index contributed by atoms with van der Waals surface area (Å²) >= 11 is 0. The van der Waals surface area contributed by atoms with Crippen molar-refractivity contribution in [3.05, 3.63) is 0 Å². The minimum absolute atomic E-state index is 0.102. The van der Waals surface area contributed by atoms with E-state index in [-0.39, 0.29) is 25.7 Å². The van der Waals surface area contributed by atoms with Crippen molar-refractivity contribution in [1.29, 1.82) is 0 Å². The first-order valence-corrected chi connectivity index (χ1v) is 41.8. The summed E-state index contributed by atoms with van der Waals surface area (Å²) in [5, 5.41) is 10.6. The van der Waals surface area contributed by atoms with Gasteiger partial charge in [-0.25, -0.2) is 9.13 Å². The number of carbonyl (C=O) groups is 4. The molecule has 0 aromatic rings. The minimum atomic E-state index is -4.96. The minimum Gasteiger partial charge on any atom is -0.462 e. The van der Waals surface area contributed by atoms with Crippen molar-refractivity contribution in [2.45, 2.75) is 395 Å². The van der Waals surface area contributed by atoms with Crippen LogP contribution in [0.2, 0.25) is 0 Å². The van der Waals surface area contributed by atoms with Gasteiger partial charge in [0.2, 0.25) is 0 Å². The fraction of sp³-hybridized carbons (Fsp3) is 0.947. The Hall–Kier alpha value is -1.94. The summed E-state index contributed by atoms with van der Waals surface area (Å²) in [5.74, 6) is 0.916. The van der Waals surface area contributed by atoms with Crippen LogP contribution < -0.4 is 0 Å². The monoisotopic (exact) mass is 1380 g/mol. The van der Waals surface area contributed by atoms with Crippen molar-refractivity contribution in [3.63, 3.8) is 0 Å². The molecule has 0 spiro atoms. The van der Waals surface area contributed by atoms with Crippen molar-refractivity contribution < 1.29 is 80.2 Å². The molecule has 0 amide bonds. The molecule has 17 nitrogen and oxygen atoms in total. The van der Waals surface area contributed by atoms with Crippen molar-refractivity contribution in [3.8, 4) is 0 Å². The molecule has 0 aliphatic carbocycles. The highest BCUT2D eigenvalue weighted by Gasteiger charge is 2.30. The van der Waals surface area contributed by atoms with Crippen LogP contribution in [0.3, 0.4) is 0 Å². The molecule has 94 heavy (non-hydrogen) atoms. The Morgan fingerprint density at radius 2 is 0.511 bits per heavy atom. The van der Waals surface area contributed by atoms with Crippen LogP contribution in [0.1, 0.15) is 376 Å². The molecule has 3 N–H and O–H groups in total. The van der Waals surface area contributed by atoms with Gasteiger partial charge in [-0.1, -0.05) is 325 Å². The number of phosphoric ester groups is 2. The van der Waals surface area contributed by atoms with E-state index in [0.29, 0.717) is 25.7 Å². The molecule has 7 atom stereocenters. The molecule has 5 unspecified atom stereocenters. The lowest BCUT2D eigenvalue weighted by Crippen LogP contribution is -2.30. The average Bonchev–Trinajstić information content (AvgIpc) is 1.24. The van der Waals surface area contributed by atoms with Gasteiger partial charge in [0.1, 0.15) is 19.3 Å². The van der Waals surface area contributed by atoms with Gasteiger partial charge in [0, 0.05) is 25.7 Å². The summed E-state index contributed by atoms with van der Waals surface area (Å²) in [5.41, 5.74) is 0. The summed E-state index contributed by atoms with van der Waals surface area (Å²) in [6, 6.07) is 0. The van der Waals surface area contributed by atoms with Crippen LogP contribution in [0.5, 0.6) is 0 Å². The molecule has 0 saturated heterocycles. The largest absolute Gasteiger partial charge is 0.472 e. The topological polar surface area (TPSA) is 237 Å². The maximum atomic E-state index is 13.1. The summed E-state index contributed by atoms with van der Waals surface area (Å²) in [6.45, 7) is 14.1.